The summed E-state index contributed by atoms with van der Waals surface area (Å²) in [6.07, 6.45) is 3.13. The fourth-order valence-electron chi connectivity index (χ4n) is 3.26. The van der Waals surface area contributed by atoms with Crippen LogP contribution < -0.4 is 10.6 Å². The van der Waals surface area contributed by atoms with E-state index in [1.54, 1.807) is 17.0 Å². The summed E-state index contributed by atoms with van der Waals surface area (Å²) in [4.78, 5) is 31.7. The van der Waals surface area contributed by atoms with Gasteiger partial charge in [-0.3, -0.25) is 4.79 Å². The molecule has 138 valence electrons. The number of nitrogens with one attached hydrogen (secondary N) is 2. The lowest BCUT2D eigenvalue weighted by Gasteiger charge is -2.21. The zero-order valence-corrected chi connectivity index (χ0v) is 14.3. The molecule has 1 aromatic carbocycles. The molecular weight excluding hydrogens is 339 g/mol. The second-order valence-corrected chi connectivity index (χ2v) is 7.19. The highest BCUT2D eigenvalue weighted by Crippen LogP contribution is 2.34. The van der Waals surface area contributed by atoms with Gasteiger partial charge in [0.15, 0.2) is 5.60 Å². The molecule has 7 nitrogen and oxygen atoms in total. The Morgan fingerprint density at radius 1 is 1.31 bits per heavy atom. The maximum Gasteiger partial charge on any atom is 0.317 e. The standard InChI is InChI=1S/C18H21FN4O3/c19-13-3-1-12(2-4-13)10-20-16(24)15-9-18(26-22-15)7-8-23(11-18)17(25)21-14-5-6-14/h1-4,14H,5-11H2,(H,20,24)(H,21,25)/t18-/m1/s1. The van der Waals surface area contributed by atoms with Crippen molar-refractivity contribution in [2.45, 2.75) is 43.9 Å². The van der Waals surface area contributed by atoms with Crippen molar-refractivity contribution in [2.24, 2.45) is 5.16 Å². The maximum atomic E-state index is 12.9. The lowest BCUT2D eigenvalue weighted by molar-refractivity contribution is -0.115. The van der Waals surface area contributed by atoms with Crippen molar-refractivity contribution in [1.29, 1.82) is 0 Å². The number of rotatable bonds is 4. The first kappa shape index (κ1) is 16.8. The van der Waals surface area contributed by atoms with Gasteiger partial charge in [-0.15, -0.1) is 0 Å². The van der Waals surface area contributed by atoms with Gasteiger partial charge in [-0.2, -0.15) is 0 Å². The Morgan fingerprint density at radius 2 is 2.08 bits per heavy atom. The van der Waals surface area contributed by atoms with E-state index >= 15 is 0 Å². The van der Waals surface area contributed by atoms with Crippen LogP contribution in [-0.4, -0.2) is 47.3 Å². The molecule has 2 fully saturated rings. The zero-order valence-electron chi connectivity index (χ0n) is 14.3. The molecule has 1 spiro atoms. The van der Waals surface area contributed by atoms with Crippen molar-refractivity contribution in [1.82, 2.24) is 15.5 Å². The monoisotopic (exact) mass is 360 g/mol. The average molecular weight is 360 g/mol. The van der Waals surface area contributed by atoms with E-state index in [4.69, 9.17) is 4.84 Å². The Bertz CT molecular complexity index is 747. The molecule has 0 unspecified atom stereocenters. The minimum Gasteiger partial charge on any atom is -0.386 e. The number of oxime groups is 1. The van der Waals surface area contributed by atoms with Gasteiger partial charge in [-0.05, 0) is 30.5 Å². The predicted octanol–water partition coefficient (Wildman–Crippen LogP) is 1.53. The number of likely N-dealkylation sites (tertiary alicyclic amines) is 1. The lowest BCUT2D eigenvalue weighted by atomic mass is 9.96. The minimum absolute atomic E-state index is 0.0674. The highest BCUT2D eigenvalue weighted by atomic mass is 19.1. The Hall–Kier alpha value is -2.64. The van der Waals surface area contributed by atoms with Gasteiger partial charge in [0.25, 0.3) is 5.91 Å². The fourth-order valence-corrected chi connectivity index (χ4v) is 3.26. The van der Waals surface area contributed by atoms with Crippen LogP contribution in [-0.2, 0) is 16.2 Å². The molecule has 3 amide bonds. The summed E-state index contributed by atoms with van der Waals surface area (Å²) in [6, 6.07) is 6.20. The summed E-state index contributed by atoms with van der Waals surface area (Å²) in [5, 5.41) is 9.69. The molecule has 1 saturated heterocycles. The van der Waals surface area contributed by atoms with Gasteiger partial charge in [0, 0.05) is 32.0 Å². The van der Waals surface area contributed by atoms with Gasteiger partial charge in [-0.25, -0.2) is 9.18 Å². The summed E-state index contributed by atoms with van der Waals surface area (Å²) < 4.78 is 12.9. The molecule has 0 bridgehead atoms. The van der Waals surface area contributed by atoms with Crippen LogP contribution in [0.2, 0.25) is 0 Å². The first-order chi connectivity index (χ1) is 12.5. The third-order valence-electron chi connectivity index (χ3n) is 4.98. The average Bonchev–Trinajstić information content (AvgIpc) is 3.20. The molecule has 1 saturated carbocycles. The van der Waals surface area contributed by atoms with E-state index in [0.717, 1.165) is 18.4 Å². The molecule has 0 aromatic heterocycles. The highest BCUT2D eigenvalue weighted by molar-refractivity contribution is 6.39. The third-order valence-corrected chi connectivity index (χ3v) is 4.98. The molecule has 4 rings (SSSR count). The quantitative estimate of drug-likeness (QED) is 0.854. The topological polar surface area (TPSA) is 83.0 Å². The van der Waals surface area contributed by atoms with Crippen LogP contribution in [0.25, 0.3) is 0 Å². The van der Waals surface area contributed by atoms with Crippen LogP contribution in [0, 0.1) is 5.82 Å². The van der Waals surface area contributed by atoms with Crippen LogP contribution in [0.3, 0.4) is 0 Å². The molecular formula is C18H21FN4O3. The van der Waals surface area contributed by atoms with Gasteiger partial charge in [0.1, 0.15) is 11.5 Å². The Labute approximate surface area is 150 Å². The van der Waals surface area contributed by atoms with E-state index in [1.807, 2.05) is 0 Å². The molecule has 1 aliphatic carbocycles. The molecule has 1 aromatic rings. The molecule has 26 heavy (non-hydrogen) atoms. The minimum atomic E-state index is -0.594. The lowest BCUT2D eigenvalue weighted by Crippen LogP contribution is -2.43. The second-order valence-electron chi connectivity index (χ2n) is 7.19. The number of benzene rings is 1. The van der Waals surface area contributed by atoms with Crippen molar-refractivity contribution in [3.05, 3.63) is 35.6 Å². The van der Waals surface area contributed by atoms with E-state index in [9.17, 15) is 14.0 Å². The Balaban J connectivity index is 1.28. The normalized spacial score (nSPS) is 24.3. The molecule has 2 aliphatic heterocycles. The number of nitrogens with zero attached hydrogens (tertiary/aromatic N) is 2. The van der Waals surface area contributed by atoms with Gasteiger partial charge in [0.2, 0.25) is 0 Å². The Morgan fingerprint density at radius 3 is 2.81 bits per heavy atom. The van der Waals surface area contributed by atoms with Gasteiger partial charge in [-0.1, -0.05) is 17.3 Å². The van der Waals surface area contributed by atoms with Crippen LogP contribution in [0.15, 0.2) is 29.4 Å². The van der Waals surface area contributed by atoms with Crippen molar-refractivity contribution < 1.29 is 18.8 Å². The van der Waals surface area contributed by atoms with Crippen molar-refractivity contribution in [3.63, 3.8) is 0 Å². The van der Waals surface area contributed by atoms with Crippen molar-refractivity contribution >= 4 is 17.6 Å². The SMILES string of the molecule is O=C(NCc1ccc(F)cc1)C1=NO[C@]2(CCN(C(=O)NC3CC3)C2)C1. The fraction of sp³-hybridized carbons (Fsp3) is 0.500. The van der Waals surface area contributed by atoms with E-state index in [0.29, 0.717) is 44.2 Å². The number of amides is 3. The van der Waals surface area contributed by atoms with Crippen LogP contribution in [0.5, 0.6) is 0 Å². The van der Waals surface area contributed by atoms with Gasteiger partial charge >= 0.3 is 6.03 Å². The van der Waals surface area contributed by atoms with Crippen LogP contribution in [0.4, 0.5) is 9.18 Å². The number of carbonyl (C=O) groups is 2. The van der Waals surface area contributed by atoms with Gasteiger partial charge in [0.05, 0.1) is 6.54 Å². The summed E-state index contributed by atoms with van der Waals surface area (Å²) >= 11 is 0. The number of hydrogen-bond donors (Lipinski definition) is 2. The summed E-state index contributed by atoms with van der Waals surface area (Å²) in [6.45, 7) is 1.32. The summed E-state index contributed by atoms with van der Waals surface area (Å²) in [5.74, 6) is -0.612. The highest BCUT2D eigenvalue weighted by Gasteiger charge is 2.48. The smallest absolute Gasteiger partial charge is 0.317 e. The third kappa shape index (κ3) is 3.63. The zero-order chi connectivity index (χ0) is 18.1. The number of carbonyl (C=O) groups excluding carboxylic acids is 2. The maximum absolute atomic E-state index is 12.9. The molecule has 2 heterocycles. The summed E-state index contributed by atoms with van der Waals surface area (Å²) in [7, 11) is 0. The van der Waals surface area contributed by atoms with Crippen molar-refractivity contribution in [3.8, 4) is 0 Å². The van der Waals surface area contributed by atoms with E-state index in [1.165, 1.54) is 12.1 Å². The number of hydrogen-bond acceptors (Lipinski definition) is 4. The van der Waals surface area contributed by atoms with E-state index in [-0.39, 0.29) is 17.8 Å². The molecule has 0 radical (unpaired) electrons. The Kier molecular flexibility index (Phi) is 4.26. The largest absolute Gasteiger partial charge is 0.386 e. The number of halogens is 1. The first-order valence-electron chi connectivity index (χ1n) is 8.86. The van der Waals surface area contributed by atoms with Crippen LogP contribution >= 0.6 is 0 Å². The first-order valence-corrected chi connectivity index (χ1v) is 8.86. The van der Waals surface area contributed by atoms with Crippen molar-refractivity contribution in [2.75, 3.05) is 13.1 Å². The van der Waals surface area contributed by atoms with Gasteiger partial charge < -0.3 is 20.4 Å². The molecule has 1 atom stereocenters. The predicted molar refractivity (Wildman–Crippen MR) is 91.9 cm³/mol. The van der Waals surface area contributed by atoms with E-state index in [2.05, 4.69) is 15.8 Å². The molecule has 2 N–H and O–H groups in total. The summed E-state index contributed by atoms with van der Waals surface area (Å²) in [5.41, 5.74) is 0.540. The second kappa shape index (κ2) is 6.59. The molecule has 3 aliphatic rings. The molecule has 8 heteroatoms. The number of urea groups is 1. The van der Waals surface area contributed by atoms with E-state index < -0.39 is 5.60 Å². The van der Waals surface area contributed by atoms with Crippen LogP contribution in [0.1, 0.15) is 31.2 Å².